The molecular weight excluding hydrogens is 568 g/mol. The summed E-state index contributed by atoms with van der Waals surface area (Å²) in [5.41, 5.74) is 6.93. The van der Waals surface area contributed by atoms with E-state index < -0.39 is 53.0 Å². The molecule has 0 amide bonds. The van der Waals surface area contributed by atoms with Gasteiger partial charge in [0.25, 0.3) is 0 Å². The van der Waals surface area contributed by atoms with E-state index in [0.717, 1.165) is 38.5 Å². The Hall–Kier alpha value is -4.93. The highest BCUT2D eigenvalue weighted by Gasteiger charge is 2.51. The molecule has 222 valence electrons. The lowest BCUT2D eigenvalue weighted by Gasteiger charge is -2.44. The summed E-state index contributed by atoms with van der Waals surface area (Å²) < 4.78 is 64.2. The molecule has 0 fully saturated rings. The fraction of sp³-hybridized carbons (Fsp3) is 0.219. The Morgan fingerprint density at radius 2 is 1.51 bits per heavy atom. The number of hydrogen-bond acceptors (Lipinski definition) is 7. The minimum Gasteiger partial charge on any atom is -0.468 e. The fourth-order valence-electron chi connectivity index (χ4n) is 5.83. The molecule has 3 aromatic carbocycles. The van der Waals surface area contributed by atoms with E-state index in [4.69, 9.17) is 15.2 Å². The van der Waals surface area contributed by atoms with Gasteiger partial charge in [0, 0.05) is 22.9 Å². The van der Waals surface area contributed by atoms with Crippen molar-refractivity contribution in [2.75, 3.05) is 19.1 Å². The molecule has 2 N–H and O–H groups in total. The number of carbonyl (C=O) groups excluding carboxylic acids is 3. The Labute approximate surface area is 244 Å². The number of halogens is 4. The van der Waals surface area contributed by atoms with E-state index in [-0.39, 0.29) is 34.8 Å². The molecule has 3 atom stereocenters. The van der Waals surface area contributed by atoms with Crippen molar-refractivity contribution in [2.24, 2.45) is 11.7 Å². The molecule has 43 heavy (non-hydrogen) atoms. The highest BCUT2D eigenvalue weighted by atomic mass is 19.4. The number of carbonyl (C=O) groups is 3. The lowest BCUT2D eigenvalue weighted by Crippen LogP contribution is -2.46. The summed E-state index contributed by atoms with van der Waals surface area (Å²) in [4.78, 5) is 42.3. The average molecular weight is 595 g/mol. The summed E-state index contributed by atoms with van der Waals surface area (Å²) in [5, 5.41) is 0. The second kappa shape index (κ2) is 11.4. The van der Waals surface area contributed by atoms with Crippen molar-refractivity contribution in [3.8, 4) is 0 Å². The smallest absolute Gasteiger partial charge is 0.416 e. The van der Waals surface area contributed by atoms with Gasteiger partial charge in [-0.25, -0.2) is 9.18 Å². The van der Waals surface area contributed by atoms with E-state index in [1.165, 1.54) is 29.2 Å². The fourth-order valence-corrected chi connectivity index (χ4v) is 5.83. The van der Waals surface area contributed by atoms with E-state index in [1.807, 2.05) is 0 Å². The zero-order valence-electron chi connectivity index (χ0n) is 23.0. The van der Waals surface area contributed by atoms with Crippen molar-refractivity contribution in [2.45, 2.75) is 24.4 Å². The molecule has 3 aromatic rings. The van der Waals surface area contributed by atoms with Crippen LogP contribution in [0.2, 0.25) is 0 Å². The van der Waals surface area contributed by atoms with Crippen LogP contribution in [-0.4, -0.2) is 31.9 Å². The number of ketones is 1. The Morgan fingerprint density at radius 1 is 0.884 bits per heavy atom. The number of Topliss-reactive ketones (excluding diaryl/α,β-unsaturated/α-hetero) is 1. The summed E-state index contributed by atoms with van der Waals surface area (Å²) >= 11 is 0. The predicted molar refractivity (Wildman–Crippen MR) is 148 cm³/mol. The number of alkyl halides is 3. The number of benzene rings is 3. The maximum Gasteiger partial charge on any atom is 0.416 e. The van der Waals surface area contributed by atoms with Gasteiger partial charge < -0.3 is 15.2 Å². The van der Waals surface area contributed by atoms with Gasteiger partial charge in [0.15, 0.2) is 5.78 Å². The molecular formula is C32H26F4N2O5. The third kappa shape index (κ3) is 5.26. The standard InChI is InChI=1S/C32H26F4N2O5/c1-42-30(40)25-22(17-6-4-3-5-7-17)16-23-26(28(25)39)24(18-8-12-20(33)13-9-18)27(31(41)43-2)29(37)38(23)21-14-10-19(11-15-21)32(34,35)36/h3-15,22,24-25H,16,37H2,1-2H3/t22-,24+,25-/m1/s1. The van der Waals surface area contributed by atoms with Crippen LogP contribution in [0.3, 0.4) is 0 Å². The quantitative estimate of drug-likeness (QED) is 0.234. The zero-order valence-corrected chi connectivity index (χ0v) is 23.0. The van der Waals surface area contributed by atoms with Crippen LogP contribution in [0, 0.1) is 11.7 Å². The second-order valence-corrected chi connectivity index (χ2v) is 10.1. The topological polar surface area (TPSA) is 98.9 Å². The minimum absolute atomic E-state index is 0.00341. The van der Waals surface area contributed by atoms with Gasteiger partial charge in [-0.2, -0.15) is 13.2 Å². The van der Waals surface area contributed by atoms with Crippen LogP contribution >= 0.6 is 0 Å². The van der Waals surface area contributed by atoms with Crippen molar-refractivity contribution in [3.63, 3.8) is 0 Å². The average Bonchev–Trinajstić information content (AvgIpc) is 3.00. The van der Waals surface area contributed by atoms with Gasteiger partial charge in [0.1, 0.15) is 17.6 Å². The number of ether oxygens (including phenoxy) is 2. The minimum atomic E-state index is -4.61. The number of methoxy groups -OCH3 is 2. The lowest BCUT2D eigenvalue weighted by molar-refractivity contribution is -0.150. The molecule has 0 spiro atoms. The number of esters is 2. The molecule has 0 saturated heterocycles. The first-order valence-electron chi connectivity index (χ1n) is 13.2. The highest BCUT2D eigenvalue weighted by Crippen LogP contribution is 2.51. The summed E-state index contributed by atoms with van der Waals surface area (Å²) in [7, 11) is 2.27. The maximum absolute atomic E-state index is 14.5. The van der Waals surface area contributed by atoms with E-state index in [0.29, 0.717) is 11.1 Å². The van der Waals surface area contributed by atoms with Crippen LogP contribution in [0.5, 0.6) is 0 Å². The molecule has 11 heteroatoms. The first-order chi connectivity index (χ1) is 20.5. The predicted octanol–water partition coefficient (Wildman–Crippen LogP) is 5.59. The van der Waals surface area contributed by atoms with E-state index in [1.54, 1.807) is 30.3 Å². The van der Waals surface area contributed by atoms with Crippen LogP contribution < -0.4 is 10.6 Å². The van der Waals surface area contributed by atoms with E-state index in [2.05, 4.69) is 0 Å². The summed E-state index contributed by atoms with van der Waals surface area (Å²) in [6, 6.07) is 17.9. The van der Waals surface area contributed by atoms with Crippen molar-refractivity contribution in [1.82, 2.24) is 0 Å². The van der Waals surface area contributed by atoms with Crippen molar-refractivity contribution >= 4 is 23.4 Å². The van der Waals surface area contributed by atoms with Gasteiger partial charge in [0.05, 0.1) is 31.3 Å². The first kappa shape index (κ1) is 29.6. The molecule has 0 saturated carbocycles. The molecule has 0 radical (unpaired) electrons. The monoisotopic (exact) mass is 594 g/mol. The third-order valence-electron chi connectivity index (χ3n) is 7.78. The molecule has 1 aliphatic heterocycles. The van der Waals surface area contributed by atoms with E-state index >= 15 is 0 Å². The van der Waals surface area contributed by atoms with Crippen LogP contribution in [0.1, 0.15) is 34.9 Å². The zero-order chi connectivity index (χ0) is 31.1. The molecule has 1 aliphatic carbocycles. The highest BCUT2D eigenvalue weighted by molar-refractivity contribution is 6.14. The Balaban J connectivity index is 1.81. The molecule has 7 nitrogen and oxygen atoms in total. The van der Waals surface area contributed by atoms with E-state index in [9.17, 15) is 31.9 Å². The van der Waals surface area contributed by atoms with Crippen molar-refractivity contribution in [3.05, 3.63) is 124 Å². The largest absolute Gasteiger partial charge is 0.468 e. The van der Waals surface area contributed by atoms with Crippen LogP contribution in [0.15, 0.2) is 102 Å². The third-order valence-corrected chi connectivity index (χ3v) is 7.78. The molecule has 5 rings (SSSR count). The van der Waals surface area contributed by atoms with Gasteiger partial charge in [0.2, 0.25) is 0 Å². The molecule has 0 unspecified atom stereocenters. The number of rotatable bonds is 5. The van der Waals surface area contributed by atoms with Gasteiger partial charge in [-0.1, -0.05) is 42.5 Å². The number of allylic oxidation sites excluding steroid dienone is 2. The van der Waals surface area contributed by atoms with Gasteiger partial charge in [-0.15, -0.1) is 0 Å². The number of nitrogens with zero attached hydrogens (tertiary/aromatic N) is 1. The molecule has 0 aromatic heterocycles. The second-order valence-electron chi connectivity index (χ2n) is 10.1. The van der Waals surface area contributed by atoms with Gasteiger partial charge in [-0.05, 0) is 53.9 Å². The summed E-state index contributed by atoms with van der Waals surface area (Å²) in [6.45, 7) is 0. The summed E-state index contributed by atoms with van der Waals surface area (Å²) in [5.74, 6) is -6.36. The normalized spacial score (nSPS) is 20.6. The molecule has 0 bridgehead atoms. The van der Waals surface area contributed by atoms with Gasteiger partial charge in [-0.3, -0.25) is 14.5 Å². The van der Waals surface area contributed by atoms with Crippen LogP contribution in [0.4, 0.5) is 23.2 Å². The van der Waals surface area contributed by atoms with Crippen LogP contribution in [-0.2, 0) is 30.0 Å². The summed E-state index contributed by atoms with van der Waals surface area (Å²) in [6.07, 6.45) is -4.58. The first-order valence-corrected chi connectivity index (χ1v) is 13.2. The Bertz CT molecular complexity index is 1630. The number of nitrogens with two attached hydrogens (primary N) is 1. The molecule has 1 heterocycles. The van der Waals surface area contributed by atoms with Crippen LogP contribution in [0.25, 0.3) is 0 Å². The van der Waals surface area contributed by atoms with Crippen molar-refractivity contribution in [1.29, 1.82) is 0 Å². The lowest BCUT2D eigenvalue weighted by atomic mass is 9.67. The Morgan fingerprint density at radius 3 is 2.07 bits per heavy atom. The number of anilines is 1. The van der Waals surface area contributed by atoms with Gasteiger partial charge >= 0.3 is 18.1 Å². The maximum atomic E-state index is 14.5. The Kier molecular flexibility index (Phi) is 7.83. The molecule has 2 aliphatic rings. The van der Waals surface area contributed by atoms with Crippen molar-refractivity contribution < 1.29 is 41.4 Å². The number of hydrogen-bond donors (Lipinski definition) is 1. The SMILES string of the molecule is COC(=O)C1=C(N)N(c2ccc(C(F)(F)F)cc2)C2=C(C(=O)[C@H](C(=O)OC)[C@@H](c3ccccc3)C2)[C@@H]1c1ccc(F)cc1.